The highest BCUT2D eigenvalue weighted by atomic mass is 32.2. The van der Waals surface area contributed by atoms with Crippen LogP contribution in [0.5, 0.6) is 5.75 Å². The number of hydrogen-bond donors (Lipinski definition) is 2. The van der Waals surface area contributed by atoms with Gasteiger partial charge in [0.2, 0.25) is 15.9 Å². The number of nitrogens with two attached hydrogens (primary N) is 1. The van der Waals surface area contributed by atoms with Crippen LogP contribution >= 0.6 is 0 Å². The van der Waals surface area contributed by atoms with Crippen LogP contribution in [0.3, 0.4) is 0 Å². The molecule has 26 heavy (non-hydrogen) atoms. The van der Waals surface area contributed by atoms with Gasteiger partial charge in [0, 0.05) is 12.2 Å². The topological polar surface area (TPSA) is 102 Å². The second-order valence-electron chi connectivity index (χ2n) is 6.11. The monoisotopic (exact) mass is 375 g/mol. The predicted molar refractivity (Wildman–Crippen MR) is 100.0 cm³/mol. The van der Waals surface area contributed by atoms with Gasteiger partial charge in [-0.3, -0.25) is 4.79 Å². The van der Waals surface area contributed by atoms with Crippen LogP contribution in [0.25, 0.3) is 0 Å². The largest absolute Gasteiger partial charge is 0.495 e. The second-order valence-corrected chi connectivity index (χ2v) is 7.67. The van der Waals surface area contributed by atoms with Crippen molar-refractivity contribution in [3.8, 4) is 5.75 Å². The SMILES string of the molecule is COc1cccc2c1N(CC(=O)Nc1ccc(S(N)(=O)=O)cc1)CCC2. The first kappa shape index (κ1) is 18.2. The van der Waals surface area contributed by atoms with Gasteiger partial charge in [0.25, 0.3) is 0 Å². The van der Waals surface area contributed by atoms with Crippen molar-refractivity contribution in [3.05, 3.63) is 48.0 Å². The Morgan fingerprint density at radius 2 is 1.96 bits per heavy atom. The molecule has 8 heteroatoms. The van der Waals surface area contributed by atoms with Gasteiger partial charge in [-0.15, -0.1) is 0 Å². The summed E-state index contributed by atoms with van der Waals surface area (Å²) < 4.78 is 28.0. The highest BCUT2D eigenvalue weighted by molar-refractivity contribution is 7.89. The Balaban J connectivity index is 1.72. The van der Waals surface area contributed by atoms with E-state index < -0.39 is 10.0 Å². The Morgan fingerprint density at radius 3 is 2.62 bits per heavy atom. The molecule has 0 aliphatic carbocycles. The lowest BCUT2D eigenvalue weighted by Gasteiger charge is -2.32. The molecule has 1 aliphatic heterocycles. The van der Waals surface area contributed by atoms with Crippen LogP contribution in [-0.2, 0) is 21.2 Å². The molecule has 0 aromatic heterocycles. The van der Waals surface area contributed by atoms with Gasteiger partial charge in [-0.2, -0.15) is 0 Å². The number of carbonyl (C=O) groups is 1. The summed E-state index contributed by atoms with van der Waals surface area (Å²) in [5.41, 5.74) is 2.64. The van der Waals surface area contributed by atoms with Crippen molar-refractivity contribution >= 4 is 27.3 Å². The number of rotatable bonds is 5. The summed E-state index contributed by atoms with van der Waals surface area (Å²) in [5.74, 6) is 0.569. The molecule has 3 N–H and O–H groups in total. The van der Waals surface area contributed by atoms with Crippen LogP contribution in [0, 0.1) is 0 Å². The van der Waals surface area contributed by atoms with Gasteiger partial charge in [0.1, 0.15) is 5.75 Å². The zero-order chi connectivity index (χ0) is 18.7. The predicted octanol–water partition coefficient (Wildman–Crippen LogP) is 1.73. The molecule has 3 rings (SSSR count). The molecule has 138 valence electrons. The number of carbonyl (C=O) groups excluding carboxylic acids is 1. The number of anilines is 2. The number of ether oxygens (including phenoxy) is 1. The molecule has 0 radical (unpaired) electrons. The highest BCUT2D eigenvalue weighted by Gasteiger charge is 2.22. The third-order valence-corrected chi connectivity index (χ3v) is 5.22. The van der Waals surface area contributed by atoms with Crippen molar-refractivity contribution in [2.45, 2.75) is 17.7 Å². The first-order valence-electron chi connectivity index (χ1n) is 8.22. The average Bonchev–Trinajstić information content (AvgIpc) is 2.61. The molecular weight excluding hydrogens is 354 g/mol. The Labute approximate surface area is 152 Å². The number of nitrogens with one attached hydrogen (secondary N) is 1. The van der Waals surface area contributed by atoms with Crippen LogP contribution < -0.4 is 20.1 Å². The van der Waals surface area contributed by atoms with Gasteiger partial charge in [-0.05, 0) is 48.7 Å². The first-order valence-corrected chi connectivity index (χ1v) is 9.76. The van der Waals surface area contributed by atoms with Crippen LogP contribution in [0.15, 0.2) is 47.4 Å². The molecule has 0 saturated carbocycles. The van der Waals surface area contributed by atoms with E-state index in [-0.39, 0.29) is 17.3 Å². The highest BCUT2D eigenvalue weighted by Crippen LogP contribution is 2.35. The molecule has 0 unspecified atom stereocenters. The van der Waals surface area contributed by atoms with E-state index >= 15 is 0 Å². The minimum Gasteiger partial charge on any atom is -0.495 e. The zero-order valence-electron chi connectivity index (χ0n) is 14.4. The maximum atomic E-state index is 12.4. The molecule has 0 spiro atoms. The number of aryl methyl sites for hydroxylation is 1. The van der Waals surface area contributed by atoms with Crippen LogP contribution in [0.4, 0.5) is 11.4 Å². The fourth-order valence-corrected chi connectivity index (χ4v) is 3.64. The molecule has 2 aromatic rings. The number of nitrogens with zero attached hydrogens (tertiary/aromatic N) is 1. The van der Waals surface area contributed by atoms with Crippen molar-refractivity contribution < 1.29 is 17.9 Å². The minimum absolute atomic E-state index is 0.00481. The number of fused-ring (bicyclic) bond motifs is 1. The van der Waals surface area contributed by atoms with E-state index in [4.69, 9.17) is 9.88 Å². The number of benzene rings is 2. The van der Waals surface area contributed by atoms with Gasteiger partial charge < -0.3 is 15.0 Å². The van der Waals surface area contributed by atoms with Gasteiger partial charge in [0.05, 0.1) is 24.2 Å². The fourth-order valence-electron chi connectivity index (χ4n) is 3.13. The van der Waals surface area contributed by atoms with E-state index in [2.05, 4.69) is 5.32 Å². The van der Waals surface area contributed by atoms with Gasteiger partial charge in [0.15, 0.2) is 0 Å². The molecule has 1 amide bonds. The molecule has 0 saturated heterocycles. The van der Waals surface area contributed by atoms with Crippen molar-refractivity contribution in [1.29, 1.82) is 0 Å². The molecule has 1 heterocycles. The molecule has 0 atom stereocenters. The summed E-state index contributed by atoms with van der Waals surface area (Å²) in [5, 5.41) is 7.85. The zero-order valence-corrected chi connectivity index (χ0v) is 15.3. The third kappa shape index (κ3) is 3.97. The second kappa shape index (κ2) is 7.35. The Hall–Kier alpha value is -2.58. The Morgan fingerprint density at radius 1 is 1.23 bits per heavy atom. The number of hydrogen-bond acceptors (Lipinski definition) is 5. The molecule has 1 aliphatic rings. The minimum atomic E-state index is -3.75. The Kier molecular flexibility index (Phi) is 5.15. The van der Waals surface area contributed by atoms with Crippen molar-refractivity contribution in [1.82, 2.24) is 0 Å². The lowest BCUT2D eigenvalue weighted by molar-refractivity contribution is -0.115. The summed E-state index contributed by atoms with van der Waals surface area (Å²) in [4.78, 5) is 14.4. The molecule has 2 aromatic carbocycles. The van der Waals surface area contributed by atoms with E-state index in [1.807, 2.05) is 23.1 Å². The summed E-state index contributed by atoms with van der Waals surface area (Å²) in [6.07, 6.45) is 1.93. The quantitative estimate of drug-likeness (QED) is 0.829. The number of para-hydroxylation sites is 1. The third-order valence-electron chi connectivity index (χ3n) is 4.29. The van der Waals surface area contributed by atoms with Crippen molar-refractivity contribution in [2.75, 3.05) is 30.4 Å². The first-order chi connectivity index (χ1) is 12.4. The van der Waals surface area contributed by atoms with E-state index in [0.29, 0.717) is 5.69 Å². The van der Waals surface area contributed by atoms with Gasteiger partial charge in [-0.25, -0.2) is 13.6 Å². The van der Waals surface area contributed by atoms with Crippen molar-refractivity contribution in [2.24, 2.45) is 5.14 Å². The summed E-state index contributed by atoms with van der Waals surface area (Å²) in [7, 11) is -2.13. The van der Waals surface area contributed by atoms with E-state index in [1.54, 1.807) is 7.11 Å². The average molecular weight is 375 g/mol. The van der Waals surface area contributed by atoms with Gasteiger partial charge >= 0.3 is 0 Å². The smallest absolute Gasteiger partial charge is 0.243 e. The standard InChI is InChI=1S/C18H21N3O4S/c1-25-16-6-2-4-13-5-3-11-21(18(13)16)12-17(22)20-14-7-9-15(10-8-14)26(19,23)24/h2,4,6-10H,3,5,11-12H2,1H3,(H,20,22)(H2,19,23,24). The maximum Gasteiger partial charge on any atom is 0.243 e. The summed E-state index contributed by atoms with van der Waals surface area (Å²) in [6.45, 7) is 0.954. The van der Waals surface area contributed by atoms with Crippen LogP contribution in [0.1, 0.15) is 12.0 Å². The maximum absolute atomic E-state index is 12.4. The molecular formula is C18H21N3O4S. The van der Waals surface area contributed by atoms with E-state index in [1.165, 1.54) is 29.8 Å². The number of methoxy groups -OCH3 is 1. The molecule has 0 bridgehead atoms. The summed E-state index contributed by atoms with van der Waals surface area (Å²) in [6, 6.07) is 11.7. The summed E-state index contributed by atoms with van der Waals surface area (Å²) >= 11 is 0. The number of primary sulfonamides is 1. The van der Waals surface area contributed by atoms with E-state index in [0.717, 1.165) is 30.8 Å². The number of amides is 1. The van der Waals surface area contributed by atoms with Crippen LogP contribution in [0.2, 0.25) is 0 Å². The lowest BCUT2D eigenvalue weighted by Crippen LogP contribution is -2.37. The van der Waals surface area contributed by atoms with E-state index in [9.17, 15) is 13.2 Å². The fraction of sp³-hybridized carbons (Fsp3) is 0.278. The molecule has 0 fully saturated rings. The number of sulfonamides is 1. The van der Waals surface area contributed by atoms with Crippen LogP contribution in [-0.4, -0.2) is 34.5 Å². The lowest BCUT2D eigenvalue weighted by atomic mass is 10.0. The normalized spacial score (nSPS) is 13.8. The van der Waals surface area contributed by atoms with Crippen molar-refractivity contribution in [3.63, 3.8) is 0 Å². The Bertz CT molecular complexity index is 896. The molecule has 7 nitrogen and oxygen atoms in total. The van der Waals surface area contributed by atoms with Gasteiger partial charge in [-0.1, -0.05) is 12.1 Å².